The lowest BCUT2D eigenvalue weighted by Crippen LogP contribution is -2.06. The number of aliphatic hydroxyl groups excluding tert-OH is 1. The number of para-hydroxylation sites is 1. The van der Waals surface area contributed by atoms with Gasteiger partial charge in [-0.15, -0.1) is 0 Å². The van der Waals surface area contributed by atoms with Crippen molar-refractivity contribution in [2.75, 3.05) is 6.61 Å². The second kappa shape index (κ2) is 6.79. The zero-order valence-corrected chi connectivity index (χ0v) is 11.8. The van der Waals surface area contributed by atoms with Gasteiger partial charge in [0.25, 0.3) is 0 Å². The Kier molecular flexibility index (Phi) is 4.82. The molecule has 0 bridgehead atoms. The van der Waals surface area contributed by atoms with E-state index >= 15 is 0 Å². The van der Waals surface area contributed by atoms with E-state index in [4.69, 9.17) is 4.74 Å². The van der Waals surface area contributed by atoms with E-state index in [1.165, 1.54) is 12.1 Å². The highest BCUT2D eigenvalue weighted by molar-refractivity contribution is 6.06. The number of hydrogen-bond donors (Lipinski definition) is 2. The Morgan fingerprint density at radius 1 is 1.38 bits per heavy atom. The molecule has 1 unspecified atom stereocenters. The number of benzene rings is 1. The molecule has 0 saturated carbocycles. The maximum Gasteiger partial charge on any atom is 0.189 e. The lowest BCUT2D eigenvalue weighted by atomic mass is 9.97. The predicted octanol–water partition coefficient (Wildman–Crippen LogP) is 3.51. The Bertz CT molecular complexity index is 611. The molecule has 21 heavy (non-hydrogen) atoms. The van der Waals surface area contributed by atoms with Crippen LogP contribution in [0.25, 0.3) is 0 Å². The van der Waals surface area contributed by atoms with Crippen LogP contribution in [0.2, 0.25) is 0 Å². The minimum absolute atomic E-state index is 0.0345. The molecule has 0 radical (unpaired) electrons. The van der Waals surface area contributed by atoms with Gasteiger partial charge in [0.05, 0.1) is 12.2 Å². The lowest BCUT2D eigenvalue weighted by molar-refractivity contribution is 0.104. The van der Waals surface area contributed by atoms with Crippen LogP contribution >= 0.6 is 0 Å². The van der Waals surface area contributed by atoms with Crippen molar-refractivity contribution >= 4 is 5.78 Å². The Balaban J connectivity index is 2.02. The fourth-order valence-electron chi connectivity index (χ4n) is 2.10. The number of aromatic hydroxyl groups is 1. The second-order valence-corrected chi connectivity index (χ2v) is 4.71. The first-order chi connectivity index (χ1) is 10.1. The molecule has 0 aliphatic heterocycles. The van der Waals surface area contributed by atoms with Gasteiger partial charge in [-0.05, 0) is 31.2 Å². The molecule has 0 fully saturated rings. The van der Waals surface area contributed by atoms with Gasteiger partial charge >= 0.3 is 0 Å². The van der Waals surface area contributed by atoms with Gasteiger partial charge in [0.2, 0.25) is 0 Å². The number of allylic oxidation sites excluding steroid dienone is 5. The van der Waals surface area contributed by atoms with Crippen LogP contribution in [0.4, 0.5) is 0 Å². The molecule has 1 aromatic carbocycles. The Morgan fingerprint density at radius 2 is 2.14 bits per heavy atom. The van der Waals surface area contributed by atoms with Gasteiger partial charge in [-0.1, -0.05) is 24.3 Å². The summed E-state index contributed by atoms with van der Waals surface area (Å²) in [5.41, 5.74) is 0.267. The first-order valence-corrected chi connectivity index (χ1v) is 6.85. The van der Waals surface area contributed by atoms with E-state index in [9.17, 15) is 15.0 Å². The third-order valence-electron chi connectivity index (χ3n) is 3.17. The van der Waals surface area contributed by atoms with Crippen LogP contribution in [0.3, 0.4) is 0 Å². The summed E-state index contributed by atoms with van der Waals surface area (Å²) >= 11 is 0. The molecule has 4 heteroatoms. The fourth-order valence-corrected chi connectivity index (χ4v) is 2.10. The summed E-state index contributed by atoms with van der Waals surface area (Å²) in [6.07, 6.45) is 7.12. The molecule has 1 aromatic rings. The third kappa shape index (κ3) is 3.75. The van der Waals surface area contributed by atoms with Gasteiger partial charge in [-0.2, -0.15) is 0 Å². The van der Waals surface area contributed by atoms with Crippen LogP contribution in [0.15, 0.2) is 60.1 Å². The first kappa shape index (κ1) is 14.9. The zero-order chi connectivity index (χ0) is 15.2. The quantitative estimate of drug-likeness (QED) is 0.642. The smallest absolute Gasteiger partial charge is 0.189 e. The van der Waals surface area contributed by atoms with Gasteiger partial charge < -0.3 is 14.9 Å². The van der Waals surface area contributed by atoms with Crippen molar-refractivity contribution in [2.45, 2.75) is 13.3 Å². The van der Waals surface area contributed by atoms with Crippen molar-refractivity contribution in [1.29, 1.82) is 0 Å². The number of ether oxygens (including phenoxy) is 1. The largest absolute Gasteiger partial charge is 0.508 e. The molecule has 110 valence electrons. The van der Waals surface area contributed by atoms with E-state index in [0.29, 0.717) is 18.8 Å². The SMILES string of the molecule is CCOC1=C(O)CC(C=CC(=O)c2ccccc2O)C=C1. The van der Waals surface area contributed by atoms with Gasteiger partial charge in [0.15, 0.2) is 11.5 Å². The molecule has 4 nitrogen and oxygen atoms in total. The minimum atomic E-state index is -0.263. The van der Waals surface area contributed by atoms with Crippen molar-refractivity contribution in [1.82, 2.24) is 0 Å². The van der Waals surface area contributed by atoms with E-state index in [-0.39, 0.29) is 28.8 Å². The average molecular weight is 286 g/mol. The molecule has 1 aliphatic rings. The number of phenolic OH excluding ortho intramolecular Hbond substituents is 1. The molecule has 0 amide bonds. The molecule has 0 heterocycles. The average Bonchev–Trinajstić information content (AvgIpc) is 2.48. The van der Waals surface area contributed by atoms with Crippen LogP contribution in [0.5, 0.6) is 5.75 Å². The van der Waals surface area contributed by atoms with Gasteiger partial charge in [-0.3, -0.25) is 4.79 Å². The number of rotatable bonds is 5. The summed E-state index contributed by atoms with van der Waals surface area (Å²) in [6.45, 7) is 2.35. The number of carbonyl (C=O) groups is 1. The molecular formula is C17H18O4. The van der Waals surface area contributed by atoms with Crippen molar-refractivity contribution < 1.29 is 19.7 Å². The van der Waals surface area contributed by atoms with Gasteiger partial charge in [0.1, 0.15) is 11.5 Å². The molecular weight excluding hydrogens is 268 g/mol. The van der Waals surface area contributed by atoms with Crippen molar-refractivity contribution in [3.63, 3.8) is 0 Å². The van der Waals surface area contributed by atoms with Crippen LogP contribution in [0.1, 0.15) is 23.7 Å². The van der Waals surface area contributed by atoms with Crippen molar-refractivity contribution in [2.24, 2.45) is 5.92 Å². The minimum Gasteiger partial charge on any atom is -0.508 e. The summed E-state index contributed by atoms with van der Waals surface area (Å²) in [6, 6.07) is 6.41. The van der Waals surface area contributed by atoms with E-state index in [2.05, 4.69) is 0 Å². The molecule has 0 spiro atoms. The first-order valence-electron chi connectivity index (χ1n) is 6.85. The Labute approximate surface area is 123 Å². The highest BCUT2D eigenvalue weighted by Gasteiger charge is 2.15. The lowest BCUT2D eigenvalue weighted by Gasteiger charge is -2.16. The fraction of sp³-hybridized carbons (Fsp3) is 0.235. The number of hydrogen-bond acceptors (Lipinski definition) is 4. The van der Waals surface area contributed by atoms with E-state index in [1.807, 2.05) is 13.0 Å². The summed E-state index contributed by atoms with van der Waals surface area (Å²) in [7, 11) is 0. The highest BCUT2D eigenvalue weighted by Crippen LogP contribution is 2.24. The summed E-state index contributed by atoms with van der Waals surface area (Å²) in [4.78, 5) is 12.0. The van der Waals surface area contributed by atoms with Crippen LogP contribution in [0, 0.1) is 5.92 Å². The maximum absolute atomic E-state index is 12.0. The summed E-state index contributed by atoms with van der Waals surface area (Å²) in [5.74, 6) is 0.301. The Morgan fingerprint density at radius 3 is 2.81 bits per heavy atom. The monoisotopic (exact) mass is 286 g/mol. The highest BCUT2D eigenvalue weighted by atomic mass is 16.5. The normalized spacial score (nSPS) is 18.2. The van der Waals surface area contributed by atoms with E-state index < -0.39 is 0 Å². The van der Waals surface area contributed by atoms with Crippen molar-refractivity contribution in [3.05, 3.63) is 65.7 Å². The molecule has 2 N–H and O–H groups in total. The zero-order valence-electron chi connectivity index (χ0n) is 11.8. The number of phenols is 1. The van der Waals surface area contributed by atoms with Gasteiger partial charge in [-0.25, -0.2) is 0 Å². The van der Waals surface area contributed by atoms with Crippen molar-refractivity contribution in [3.8, 4) is 5.75 Å². The molecule has 1 aliphatic carbocycles. The number of aliphatic hydroxyl groups is 1. The van der Waals surface area contributed by atoms with E-state index in [0.717, 1.165) is 0 Å². The predicted molar refractivity (Wildman–Crippen MR) is 80.1 cm³/mol. The summed E-state index contributed by atoms with van der Waals surface area (Å²) in [5, 5.41) is 19.5. The van der Waals surface area contributed by atoms with Gasteiger partial charge in [0, 0.05) is 12.3 Å². The molecule has 1 atom stereocenters. The number of ketones is 1. The van der Waals surface area contributed by atoms with Crippen LogP contribution < -0.4 is 0 Å². The molecule has 2 rings (SSSR count). The maximum atomic E-state index is 12.0. The van der Waals surface area contributed by atoms with Crippen LogP contribution in [-0.2, 0) is 4.74 Å². The van der Waals surface area contributed by atoms with Crippen LogP contribution in [-0.4, -0.2) is 22.6 Å². The Hall–Kier alpha value is -2.49. The molecule has 0 aromatic heterocycles. The standard InChI is InChI=1S/C17H18O4/c1-2-21-17-10-8-12(11-16(17)20)7-9-15(19)13-5-3-4-6-14(13)18/h3-10,12,18,20H,2,11H2,1H3. The third-order valence-corrected chi connectivity index (χ3v) is 3.17. The number of carbonyl (C=O) groups excluding carboxylic acids is 1. The molecule has 0 saturated heterocycles. The summed E-state index contributed by atoms with van der Waals surface area (Å²) < 4.78 is 5.27. The topological polar surface area (TPSA) is 66.8 Å². The second-order valence-electron chi connectivity index (χ2n) is 4.71. The van der Waals surface area contributed by atoms with E-state index in [1.54, 1.807) is 30.4 Å².